The molecule has 0 unspecified atom stereocenters. The Morgan fingerprint density at radius 3 is 3.10 bits per heavy atom. The number of hydrogen-bond acceptors (Lipinski definition) is 7. The predicted molar refractivity (Wildman–Crippen MR) is 120 cm³/mol. The number of likely N-dealkylation sites (tertiary alicyclic amines) is 1. The predicted octanol–water partition coefficient (Wildman–Crippen LogP) is 3.01. The number of amides is 1. The lowest BCUT2D eigenvalue weighted by Gasteiger charge is -2.26. The van der Waals surface area contributed by atoms with Crippen LogP contribution in [0.15, 0.2) is 30.7 Å². The number of H-pyrrole nitrogens is 1. The van der Waals surface area contributed by atoms with Gasteiger partial charge in [-0.2, -0.15) is 5.10 Å². The van der Waals surface area contributed by atoms with Crippen LogP contribution in [0, 0.1) is 5.92 Å². The summed E-state index contributed by atoms with van der Waals surface area (Å²) in [6.45, 7) is 1.13. The molecule has 2 aliphatic rings. The molecule has 0 saturated carbocycles. The molecular weight excluding hydrogens is 412 g/mol. The highest BCUT2D eigenvalue weighted by Crippen LogP contribution is 2.41. The Hall–Kier alpha value is -3.04. The molecule has 4 heterocycles. The number of nitrogens with one attached hydrogen (secondary N) is 2. The second-order valence-electron chi connectivity index (χ2n) is 8.37. The number of β-amino-alcohol motifs (C(OH)–C–C–N with tert-alkyl or cyclic N) is 1. The molecule has 3 N–H and O–H groups in total. The summed E-state index contributed by atoms with van der Waals surface area (Å²) < 4.78 is 0. The number of benzene rings is 1. The number of rotatable bonds is 3. The highest BCUT2D eigenvalue weighted by molar-refractivity contribution is 7.19. The van der Waals surface area contributed by atoms with Crippen molar-refractivity contribution in [1.82, 2.24) is 25.1 Å². The van der Waals surface area contributed by atoms with Crippen LogP contribution in [0.2, 0.25) is 0 Å². The number of aromatic nitrogens is 4. The molecule has 6 rings (SSSR count). The van der Waals surface area contributed by atoms with Crippen LogP contribution in [0.5, 0.6) is 0 Å². The van der Waals surface area contributed by atoms with E-state index in [4.69, 9.17) is 0 Å². The maximum absolute atomic E-state index is 12.9. The van der Waals surface area contributed by atoms with E-state index in [0.29, 0.717) is 19.5 Å². The Bertz CT molecular complexity index is 1300. The number of aromatic amines is 1. The van der Waals surface area contributed by atoms with Gasteiger partial charge in [0.1, 0.15) is 17.0 Å². The van der Waals surface area contributed by atoms with Crippen LogP contribution in [0.4, 0.5) is 11.5 Å². The van der Waals surface area contributed by atoms with E-state index in [1.807, 2.05) is 23.1 Å². The number of thiophene rings is 1. The second-order valence-corrected chi connectivity index (χ2v) is 9.45. The van der Waals surface area contributed by atoms with Gasteiger partial charge in [0.15, 0.2) is 0 Å². The van der Waals surface area contributed by atoms with Gasteiger partial charge in [0.2, 0.25) is 5.91 Å². The minimum absolute atomic E-state index is 0.0151. The van der Waals surface area contributed by atoms with Crippen molar-refractivity contribution in [3.05, 3.63) is 41.2 Å². The van der Waals surface area contributed by atoms with E-state index in [0.717, 1.165) is 51.9 Å². The standard InChI is InChI=1S/C22H22N6O2S/c29-15-5-6-28(10-15)22(30)12-1-3-16-18(8-12)31-21-19(16)20(23-11-24-21)26-14-2-4-17-13(7-14)9-25-27-17/h2,4,7,9,11-12,15,29H,1,3,5-6,8,10H2,(H,25,27)(H,23,24,26)/t12-,15+/m0/s1. The molecule has 1 aliphatic carbocycles. The second kappa shape index (κ2) is 7.28. The number of carbonyl (C=O) groups excluding carboxylic acids is 1. The smallest absolute Gasteiger partial charge is 0.226 e. The van der Waals surface area contributed by atoms with E-state index in [1.165, 1.54) is 10.4 Å². The molecule has 0 spiro atoms. The first-order chi connectivity index (χ1) is 15.2. The fourth-order valence-corrected chi connectivity index (χ4v) is 6.04. The SMILES string of the molecule is O=C([C@H]1CCc2c(sc3ncnc(Nc4ccc5[nH]ncc5c4)c23)C1)N1CC[C@@H](O)C1. The lowest BCUT2D eigenvalue weighted by Crippen LogP contribution is -2.37. The van der Waals surface area contributed by atoms with Gasteiger partial charge in [-0.25, -0.2) is 9.97 Å². The van der Waals surface area contributed by atoms with E-state index in [2.05, 4.69) is 25.5 Å². The number of aliphatic hydroxyl groups is 1. The summed E-state index contributed by atoms with van der Waals surface area (Å²) in [4.78, 5) is 26.0. The summed E-state index contributed by atoms with van der Waals surface area (Å²) in [6, 6.07) is 6.05. The summed E-state index contributed by atoms with van der Waals surface area (Å²) in [5.41, 5.74) is 3.20. The number of fused-ring (bicyclic) bond motifs is 4. The van der Waals surface area contributed by atoms with Gasteiger partial charge in [-0.3, -0.25) is 9.89 Å². The third-order valence-electron chi connectivity index (χ3n) is 6.37. The third kappa shape index (κ3) is 3.24. The summed E-state index contributed by atoms with van der Waals surface area (Å²) >= 11 is 1.67. The van der Waals surface area contributed by atoms with Gasteiger partial charge in [0, 0.05) is 35.0 Å². The van der Waals surface area contributed by atoms with Crippen molar-refractivity contribution in [3.8, 4) is 0 Å². The van der Waals surface area contributed by atoms with Gasteiger partial charge in [-0.1, -0.05) is 0 Å². The highest BCUT2D eigenvalue weighted by Gasteiger charge is 2.34. The Morgan fingerprint density at radius 2 is 2.23 bits per heavy atom. The van der Waals surface area contributed by atoms with Gasteiger partial charge in [-0.05, 0) is 49.4 Å². The first-order valence-electron chi connectivity index (χ1n) is 10.6. The van der Waals surface area contributed by atoms with E-state index in [1.54, 1.807) is 23.9 Å². The molecule has 31 heavy (non-hydrogen) atoms. The van der Waals surface area contributed by atoms with Gasteiger partial charge in [0.25, 0.3) is 0 Å². The molecule has 158 valence electrons. The zero-order chi connectivity index (χ0) is 20.9. The maximum atomic E-state index is 12.9. The van der Waals surface area contributed by atoms with E-state index >= 15 is 0 Å². The molecule has 1 aromatic carbocycles. The summed E-state index contributed by atoms with van der Waals surface area (Å²) in [6.07, 6.45) is 6.10. The quantitative estimate of drug-likeness (QED) is 0.458. The van der Waals surface area contributed by atoms with Crippen LogP contribution in [-0.2, 0) is 17.6 Å². The first-order valence-corrected chi connectivity index (χ1v) is 11.4. The van der Waals surface area contributed by atoms with Crippen LogP contribution in [0.25, 0.3) is 21.1 Å². The molecule has 8 nitrogen and oxygen atoms in total. The molecule has 9 heteroatoms. The third-order valence-corrected chi connectivity index (χ3v) is 7.53. The molecule has 0 radical (unpaired) electrons. The van der Waals surface area contributed by atoms with Crippen LogP contribution in [0.3, 0.4) is 0 Å². The number of nitrogens with zero attached hydrogens (tertiary/aromatic N) is 4. The average Bonchev–Trinajstić information content (AvgIpc) is 3.50. The van der Waals surface area contributed by atoms with Gasteiger partial charge in [0.05, 0.1) is 23.2 Å². The van der Waals surface area contributed by atoms with Crippen molar-refractivity contribution < 1.29 is 9.90 Å². The molecule has 2 atom stereocenters. The van der Waals surface area contributed by atoms with E-state index in [9.17, 15) is 9.90 Å². The van der Waals surface area contributed by atoms with Crippen LogP contribution >= 0.6 is 11.3 Å². The Balaban J connectivity index is 1.30. The molecule has 1 aliphatic heterocycles. The Morgan fingerprint density at radius 1 is 1.29 bits per heavy atom. The van der Waals surface area contributed by atoms with Crippen molar-refractivity contribution in [1.29, 1.82) is 0 Å². The maximum Gasteiger partial charge on any atom is 0.226 e. The topological polar surface area (TPSA) is 107 Å². The largest absolute Gasteiger partial charge is 0.391 e. The number of aryl methyl sites for hydroxylation is 1. The number of hydrogen-bond donors (Lipinski definition) is 3. The fraction of sp³-hybridized carbons (Fsp3) is 0.364. The summed E-state index contributed by atoms with van der Waals surface area (Å²) in [5.74, 6) is 0.967. The minimum atomic E-state index is -0.377. The lowest BCUT2D eigenvalue weighted by atomic mass is 9.87. The molecule has 1 amide bonds. The summed E-state index contributed by atoms with van der Waals surface area (Å²) in [7, 11) is 0. The van der Waals surface area contributed by atoms with E-state index < -0.39 is 0 Å². The zero-order valence-electron chi connectivity index (χ0n) is 16.8. The Labute approximate surface area is 182 Å². The highest BCUT2D eigenvalue weighted by atomic mass is 32.1. The number of aliphatic hydroxyl groups excluding tert-OH is 1. The van der Waals surface area contributed by atoms with Crippen LogP contribution in [0.1, 0.15) is 23.3 Å². The van der Waals surface area contributed by atoms with Gasteiger partial charge < -0.3 is 15.3 Å². The van der Waals surface area contributed by atoms with Gasteiger partial charge in [-0.15, -0.1) is 11.3 Å². The normalized spacial score (nSPS) is 21.0. The lowest BCUT2D eigenvalue weighted by molar-refractivity contribution is -0.135. The Kier molecular flexibility index (Phi) is 4.39. The fourth-order valence-electron chi connectivity index (χ4n) is 4.77. The van der Waals surface area contributed by atoms with Crippen molar-refractivity contribution >= 4 is 49.9 Å². The average molecular weight is 435 g/mol. The molecule has 0 bridgehead atoms. The van der Waals surface area contributed by atoms with Crippen molar-refractivity contribution in [2.24, 2.45) is 5.92 Å². The van der Waals surface area contributed by atoms with Crippen molar-refractivity contribution in [2.45, 2.75) is 31.8 Å². The molecule has 3 aromatic heterocycles. The summed E-state index contributed by atoms with van der Waals surface area (Å²) in [5, 5.41) is 22.4. The minimum Gasteiger partial charge on any atom is -0.391 e. The van der Waals surface area contributed by atoms with Gasteiger partial charge >= 0.3 is 0 Å². The monoisotopic (exact) mass is 434 g/mol. The molecule has 1 saturated heterocycles. The molecule has 4 aromatic rings. The number of anilines is 2. The molecule has 1 fully saturated rings. The van der Waals surface area contributed by atoms with Crippen LogP contribution < -0.4 is 5.32 Å². The first kappa shape index (κ1) is 18.7. The van der Waals surface area contributed by atoms with Crippen molar-refractivity contribution in [3.63, 3.8) is 0 Å². The van der Waals surface area contributed by atoms with Crippen LogP contribution in [-0.4, -0.2) is 55.3 Å². The number of carbonyl (C=O) groups is 1. The van der Waals surface area contributed by atoms with Crippen molar-refractivity contribution in [2.75, 3.05) is 18.4 Å². The zero-order valence-corrected chi connectivity index (χ0v) is 17.7. The molecular formula is C22H22N6O2S. The van der Waals surface area contributed by atoms with E-state index in [-0.39, 0.29) is 17.9 Å².